The van der Waals surface area contributed by atoms with Crippen molar-refractivity contribution < 1.29 is 8.42 Å². The molecule has 0 unspecified atom stereocenters. The minimum atomic E-state index is -3.49. The topological polar surface area (TPSA) is 46.2 Å². The summed E-state index contributed by atoms with van der Waals surface area (Å²) < 4.78 is 25.7. The Bertz CT molecular complexity index is 963. The zero-order valence-corrected chi connectivity index (χ0v) is 12.5. The molecule has 22 heavy (non-hydrogen) atoms. The van der Waals surface area contributed by atoms with Crippen LogP contribution in [0.5, 0.6) is 0 Å². The maximum Gasteiger partial charge on any atom is 0.210 e. The number of hydrogen-bond donors (Lipinski definition) is 1. The number of para-hydroxylation sites is 1. The van der Waals surface area contributed by atoms with Gasteiger partial charge in [0.1, 0.15) is 0 Å². The molecule has 0 fully saturated rings. The van der Waals surface area contributed by atoms with Gasteiger partial charge in [-0.1, -0.05) is 48.5 Å². The smallest absolute Gasteiger partial charge is 0.210 e. The van der Waals surface area contributed by atoms with Crippen LogP contribution >= 0.6 is 0 Å². The highest BCUT2D eigenvalue weighted by Gasteiger charge is 2.29. The van der Waals surface area contributed by atoms with Gasteiger partial charge in [-0.05, 0) is 35.4 Å². The van der Waals surface area contributed by atoms with Gasteiger partial charge in [0, 0.05) is 0 Å². The van der Waals surface area contributed by atoms with Crippen molar-refractivity contribution in [1.29, 1.82) is 0 Å². The molecule has 0 radical (unpaired) electrons. The van der Waals surface area contributed by atoms with E-state index < -0.39 is 9.84 Å². The van der Waals surface area contributed by atoms with Gasteiger partial charge < -0.3 is 5.32 Å². The second-order valence-corrected chi connectivity index (χ2v) is 7.09. The van der Waals surface area contributed by atoms with Crippen LogP contribution in [0.1, 0.15) is 0 Å². The molecule has 0 saturated heterocycles. The summed E-state index contributed by atoms with van der Waals surface area (Å²) >= 11 is 0. The van der Waals surface area contributed by atoms with Crippen LogP contribution in [-0.2, 0) is 9.84 Å². The SMILES string of the molecule is O=S1(=O)c2ccccc2Nc2ccc(-c3ccccc3)cc21. The van der Waals surface area contributed by atoms with Crippen molar-refractivity contribution in [2.75, 3.05) is 5.32 Å². The largest absolute Gasteiger partial charge is 0.353 e. The van der Waals surface area contributed by atoms with E-state index in [1.54, 1.807) is 24.3 Å². The highest BCUT2D eigenvalue weighted by molar-refractivity contribution is 7.92. The van der Waals surface area contributed by atoms with Crippen LogP contribution in [0.2, 0.25) is 0 Å². The lowest BCUT2D eigenvalue weighted by Gasteiger charge is -2.22. The van der Waals surface area contributed by atoms with Crippen LogP contribution in [0.25, 0.3) is 11.1 Å². The van der Waals surface area contributed by atoms with Gasteiger partial charge in [0.25, 0.3) is 0 Å². The first kappa shape index (κ1) is 13.1. The predicted octanol–water partition coefficient (Wildman–Crippen LogP) is 4.24. The molecule has 0 spiro atoms. The van der Waals surface area contributed by atoms with Crippen LogP contribution < -0.4 is 5.32 Å². The number of anilines is 2. The molecule has 4 heteroatoms. The second kappa shape index (κ2) is 4.71. The second-order valence-electron chi connectivity index (χ2n) is 5.20. The van der Waals surface area contributed by atoms with Gasteiger partial charge in [-0.2, -0.15) is 0 Å². The Morgan fingerprint density at radius 2 is 1.32 bits per heavy atom. The van der Waals surface area contributed by atoms with E-state index >= 15 is 0 Å². The fourth-order valence-corrected chi connectivity index (χ4v) is 4.32. The lowest BCUT2D eigenvalue weighted by atomic mass is 10.1. The lowest BCUT2D eigenvalue weighted by molar-refractivity contribution is 0.596. The van der Waals surface area contributed by atoms with Crippen molar-refractivity contribution in [1.82, 2.24) is 0 Å². The fourth-order valence-electron chi connectivity index (χ4n) is 2.73. The monoisotopic (exact) mass is 307 g/mol. The van der Waals surface area contributed by atoms with Gasteiger partial charge in [0.2, 0.25) is 9.84 Å². The molecule has 1 heterocycles. The molecule has 1 aliphatic rings. The summed E-state index contributed by atoms with van der Waals surface area (Å²) in [6, 6.07) is 22.2. The molecule has 3 aromatic rings. The highest BCUT2D eigenvalue weighted by atomic mass is 32.2. The van der Waals surface area contributed by atoms with Gasteiger partial charge in [0.05, 0.1) is 21.2 Å². The zero-order chi connectivity index (χ0) is 15.2. The van der Waals surface area contributed by atoms with E-state index in [-0.39, 0.29) is 0 Å². The van der Waals surface area contributed by atoms with E-state index in [4.69, 9.17) is 0 Å². The van der Waals surface area contributed by atoms with E-state index in [9.17, 15) is 8.42 Å². The molecular formula is C18H13NO2S. The molecule has 0 saturated carbocycles. The average molecular weight is 307 g/mol. The Labute approximate surface area is 129 Å². The minimum absolute atomic E-state index is 0.326. The summed E-state index contributed by atoms with van der Waals surface area (Å²) in [5.41, 5.74) is 3.14. The minimum Gasteiger partial charge on any atom is -0.353 e. The van der Waals surface area contributed by atoms with Crippen LogP contribution in [-0.4, -0.2) is 8.42 Å². The maximum absolute atomic E-state index is 12.8. The highest BCUT2D eigenvalue weighted by Crippen LogP contribution is 2.40. The first-order chi connectivity index (χ1) is 10.7. The van der Waals surface area contributed by atoms with Gasteiger partial charge in [-0.25, -0.2) is 8.42 Å². The summed E-state index contributed by atoms with van der Waals surface area (Å²) in [6.07, 6.45) is 0. The maximum atomic E-state index is 12.8. The molecular weight excluding hydrogens is 294 g/mol. The predicted molar refractivity (Wildman–Crippen MR) is 87.1 cm³/mol. The third-order valence-electron chi connectivity index (χ3n) is 3.82. The average Bonchev–Trinajstić information content (AvgIpc) is 2.56. The van der Waals surface area contributed by atoms with E-state index in [0.29, 0.717) is 21.2 Å². The van der Waals surface area contributed by atoms with Crippen molar-refractivity contribution in [3.05, 3.63) is 72.8 Å². The fraction of sp³-hybridized carbons (Fsp3) is 0. The zero-order valence-electron chi connectivity index (χ0n) is 11.7. The lowest BCUT2D eigenvalue weighted by Crippen LogP contribution is -2.13. The quantitative estimate of drug-likeness (QED) is 0.572. The molecule has 3 nitrogen and oxygen atoms in total. The summed E-state index contributed by atoms with van der Waals surface area (Å²) in [5, 5.41) is 3.20. The Morgan fingerprint density at radius 3 is 2.14 bits per heavy atom. The van der Waals surface area contributed by atoms with Crippen LogP contribution in [0.3, 0.4) is 0 Å². The van der Waals surface area contributed by atoms with Crippen LogP contribution in [0.4, 0.5) is 11.4 Å². The van der Waals surface area contributed by atoms with Gasteiger partial charge in [-0.15, -0.1) is 0 Å². The summed E-state index contributed by atoms with van der Waals surface area (Å²) in [4.78, 5) is 0.653. The number of fused-ring (bicyclic) bond motifs is 2. The third kappa shape index (κ3) is 1.92. The third-order valence-corrected chi connectivity index (χ3v) is 5.68. The number of benzene rings is 3. The number of sulfone groups is 1. The number of rotatable bonds is 1. The first-order valence-electron chi connectivity index (χ1n) is 6.97. The van der Waals surface area contributed by atoms with Crippen molar-refractivity contribution >= 4 is 21.2 Å². The Hall–Kier alpha value is -2.59. The molecule has 108 valence electrons. The number of hydrogen-bond acceptors (Lipinski definition) is 3. The molecule has 0 aromatic heterocycles. The van der Waals surface area contributed by atoms with Crippen molar-refractivity contribution in [2.24, 2.45) is 0 Å². The van der Waals surface area contributed by atoms with E-state index in [1.807, 2.05) is 48.5 Å². The molecule has 3 aromatic carbocycles. The molecule has 1 N–H and O–H groups in total. The van der Waals surface area contributed by atoms with Gasteiger partial charge in [-0.3, -0.25) is 0 Å². The molecule has 0 amide bonds. The molecule has 4 rings (SSSR count). The molecule has 0 bridgehead atoms. The molecule has 0 aliphatic carbocycles. The summed E-state index contributed by atoms with van der Waals surface area (Å²) in [7, 11) is -3.49. The van der Waals surface area contributed by atoms with E-state index in [0.717, 1.165) is 11.1 Å². The Balaban J connectivity index is 1.93. The van der Waals surface area contributed by atoms with Crippen molar-refractivity contribution in [3.63, 3.8) is 0 Å². The first-order valence-corrected chi connectivity index (χ1v) is 8.45. The number of nitrogens with one attached hydrogen (secondary N) is 1. The van der Waals surface area contributed by atoms with Gasteiger partial charge in [0.15, 0.2) is 0 Å². The molecule has 0 atom stereocenters. The van der Waals surface area contributed by atoms with E-state index in [2.05, 4.69) is 5.32 Å². The van der Waals surface area contributed by atoms with Crippen LogP contribution in [0, 0.1) is 0 Å². The van der Waals surface area contributed by atoms with E-state index in [1.165, 1.54) is 0 Å². The molecule has 1 aliphatic heterocycles. The van der Waals surface area contributed by atoms with Crippen molar-refractivity contribution in [2.45, 2.75) is 9.79 Å². The summed E-state index contributed by atoms with van der Waals surface area (Å²) in [5.74, 6) is 0. The van der Waals surface area contributed by atoms with Gasteiger partial charge >= 0.3 is 0 Å². The summed E-state index contributed by atoms with van der Waals surface area (Å²) in [6.45, 7) is 0. The normalized spacial score (nSPS) is 14.5. The standard InChI is InChI=1S/C18H13NO2S/c20-22(21)17-9-5-4-8-15(17)19-16-11-10-14(12-18(16)22)13-6-2-1-3-7-13/h1-12,19H. The Kier molecular flexibility index (Phi) is 2.81. The Morgan fingerprint density at radius 1 is 0.636 bits per heavy atom. The van der Waals surface area contributed by atoms with Crippen molar-refractivity contribution in [3.8, 4) is 11.1 Å². The van der Waals surface area contributed by atoms with Crippen LogP contribution in [0.15, 0.2) is 82.6 Å².